The van der Waals surface area contributed by atoms with Crippen molar-refractivity contribution < 1.29 is 14.3 Å². The molecule has 2 aromatic carbocycles. The Bertz CT molecular complexity index is 895. The number of amides is 1. The van der Waals surface area contributed by atoms with E-state index in [2.05, 4.69) is 5.32 Å². The average molecular weight is 350 g/mol. The van der Waals surface area contributed by atoms with Gasteiger partial charge in [-0.25, -0.2) is 4.79 Å². The highest BCUT2D eigenvalue weighted by Crippen LogP contribution is 2.26. The van der Waals surface area contributed by atoms with Crippen LogP contribution in [0.4, 0.5) is 5.69 Å². The van der Waals surface area contributed by atoms with Crippen molar-refractivity contribution in [2.24, 2.45) is 0 Å². The minimum atomic E-state index is -0.519. The smallest absolute Gasteiger partial charge is 0.339 e. The molecule has 0 saturated carbocycles. The molecule has 5 nitrogen and oxygen atoms in total. The van der Waals surface area contributed by atoms with Crippen LogP contribution < -0.4 is 5.32 Å². The van der Waals surface area contributed by atoms with Crippen LogP contribution >= 0.6 is 0 Å². The molecule has 26 heavy (non-hydrogen) atoms. The molecule has 0 spiro atoms. The number of esters is 1. The van der Waals surface area contributed by atoms with E-state index in [0.29, 0.717) is 16.8 Å². The zero-order valence-corrected chi connectivity index (χ0v) is 15.7. The number of anilines is 1. The Morgan fingerprint density at radius 2 is 1.50 bits per heavy atom. The number of nitriles is 1. The van der Waals surface area contributed by atoms with Crippen LogP contribution in [0.5, 0.6) is 0 Å². The Labute approximate surface area is 153 Å². The Morgan fingerprint density at radius 1 is 0.962 bits per heavy atom. The van der Waals surface area contributed by atoms with E-state index in [1.807, 2.05) is 40.7 Å². The van der Waals surface area contributed by atoms with Gasteiger partial charge < -0.3 is 10.1 Å². The number of hydrogen-bond donors (Lipinski definition) is 1. The van der Waals surface area contributed by atoms with Crippen molar-refractivity contribution in [2.45, 2.75) is 34.6 Å². The summed E-state index contributed by atoms with van der Waals surface area (Å²) in [5.41, 5.74) is 6.24. The quantitative estimate of drug-likeness (QED) is 0.848. The second kappa shape index (κ2) is 7.83. The van der Waals surface area contributed by atoms with Gasteiger partial charge in [-0.1, -0.05) is 12.1 Å². The van der Waals surface area contributed by atoms with Crippen molar-refractivity contribution >= 4 is 17.6 Å². The molecule has 1 amide bonds. The molecule has 2 aromatic rings. The van der Waals surface area contributed by atoms with Crippen LogP contribution in [-0.4, -0.2) is 18.5 Å². The number of ether oxygens (including phenoxy) is 1. The number of hydrogen-bond acceptors (Lipinski definition) is 4. The highest BCUT2D eigenvalue weighted by atomic mass is 16.5. The van der Waals surface area contributed by atoms with Crippen LogP contribution in [-0.2, 0) is 9.53 Å². The molecule has 0 radical (unpaired) electrons. The van der Waals surface area contributed by atoms with Crippen LogP contribution in [0, 0.1) is 45.9 Å². The maximum atomic E-state index is 12.5. The van der Waals surface area contributed by atoms with E-state index in [1.54, 1.807) is 24.3 Å². The average Bonchev–Trinajstić information content (AvgIpc) is 2.63. The number of nitrogens with zero attached hydrogens (tertiary/aromatic N) is 1. The molecule has 0 aliphatic rings. The molecule has 134 valence electrons. The fourth-order valence-electron chi connectivity index (χ4n) is 2.89. The van der Waals surface area contributed by atoms with Crippen molar-refractivity contribution in [1.82, 2.24) is 0 Å². The van der Waals surface area contributed by atoms with Gasteiger partial charge in [-0.15, -0.1) is 0 Å². The summed E-state index contributed by atoms with van der Waals surface area (Å²) < 4.78 is 5.21. The molecule has 0 saturated heterocycles. The van der Waals surface area contributed by atoms with E-state index in [0.717, 1.165) is 27.8 Å². The van der Waals surface area contributed by atoms with Crippen molar-refractivity contribution in [1.29, 1.82) is 5.26 Å². The highest BCUT2D eigenvalue weighted by Gasteiger charge is 2.20. The minimum Gasteiger partial charge on any atom is -0.452 e. The number of carbonyl (C=O) groups excluding carboxylic acids is 2. The number of nitrogens with one attached hydrogen (secondary N) is 1. The maximum absolute atomic E-state index is 12.5. The molecule has 0 aliphatic carbocycles. The van der Waals surface area contributed by atoms with E-state index in [9.17, 15) is 9.59 Å². The van der Waals surface area contributed by atoms with Crippen LogP contribution in [0.1, 0.15) is 43.7 Å². The molecule has 5 heteroatoms. The fourth-order valence-corrected chi connectivity index (χ4v) is 2.89. The summed E-state index contributed by atoms with van der Waals surface area (Å²) in [5.74, 6) is -1.01. The predicted molar refractivity (Wildman–Crippen MR) is 100 cm³/mol. The summed E-state index contributed by atoms with van der Waals surface area (Å²) in [6.45, 7) is 9.32. The summed E-state index contributed by atoms with van der Waals surface area (Å²) in [6, 6.07) is 8.65. The molecule has 0 heterocycles. The molecule has 1 N–H and O–H groups in total. The van der Waals surface area contributed by atoms with Crippen molar-refractivity contribution in [2.75, 3.05) is 11.9 Å². The molecule has 2 rings (SSSR count). The summed E-state index contributed by atoms with van der Waals surface area (Å²) in [5, 5.41) is 11.6. The van der Waals surface area contributed by atoms with Crippen LogP contribution in [0.3, 0.4) is 0 Å². The topological polar surface area (TPSA) is 79.2 Å². The fraction of sp³-hybridized carbons (Fsp3) is 0.286. The van der Waals surface area contributed by atoms with Gasteiger partial charge >= 0.3 is 5.97 Å². The van der Waals surface area contributed by atoms with Crippen molar-refractivity contribution in [3.05, 3.63) is 63.2 Å². The lowest BCUT2D eigenvalue weighted by molar-refractivity contribution is -0.119. The number of benzene rings is 2. The van der Waals surface area contributed by atoms with E-state index >= 15 is 0 Å². The molecule has 0 unspecified atom stereocenters. The van der Waals surface area contributed by atoms with Gasteiger partial charge in [0.1, 0.15) is 6.07 Å². The second-order valence-electron chi connectivity index (χ2n) is 6.28. The SMILES string of the molecule is Cc1c(C)c(C)c(C(=O)OCC(=O)Nc2ccccc2C#N)c(C)c1C. The lowest BCUT2D eigenvalue weighted by Gasteiger charge is -2.17. The standard InChI is InChI=1S/C21H22N2O3/c1-12-13(2)15(4)20(16(5)14(12)3)21(25)26-11-19(24)23-18-9-7-6-8-17(18)10-22/h6-9H,11H2,1-5H3,(H,23,24). The summed E-state index contributed by atoms with van der Waals surface area (Å²) in [4.78, 5) is 24.6. The van der Waals surface area contributed by atoms with Crippen LogP contribution in [0.15, 0.2) is 24.3 Å². The first-order valence-electron chi connectivity index (χ1n) is 8.31. The lowest BCUT2D eigenvalue weighted by Crippen LogP contribution is -2.22. The monoisotopic (exact) mass is 350 g/mol. The summed E-state index contributed by atoms with van der Waals surface area (Å²) in [7, 11) is 0. The third kappa shape index (κ3) is 3.75. The molecule has 0 aliphatic heterocycles. The van der Waals surface area contributed by atoms with Crippen LogP contribution in [0.2, 0.25) is 0 Å². The third-order valence-electron chi connectivity index (χ3n) is 4.86. The lowest BCUT2D eigenvalue weighted by atomic mass is 9.90. The first-order chi connectivity index (χ1) is 12.3. The van der Waals surface area contributed by atoms with Gasteiger partial charge in [0.25, 0.3) is 5.91 Å². The predicted octanol–water partition coefficient (Wildman–Crippen LogP) is 3.90. The summed E-state index contributed by atoms with van der Waals surface area (Å²) in [6.07, 6.45) is 0. The van der Waals surface area contributed by atoms with E-state index < -0.39 is 18.5 Å². The molecular weight excluding hydrogens is 328 g/mol. The van der Waals surface area contributed by atoms with Gasteiger partial charge in [0.05, 0.1) is 16.8 Å². The zero-order valence-electron chi connectivity index (χ0n) is 15.7. The van der Waals surface area contributed by atoms with Gasteiger partial charge in [-0.05, 0) is 74.6 Å². The molecule has 0 aromatic heterocycles. The largest absolute Gasteiger partial charge is 0.452 e. The van der Waals surface area contributed by atoms with E-state index in [-0.39, 0.29) is 0 Å². The summed E-state index contributed by atoms with van der Waals surface area (Å²) >= 11 is 0. The third-order valence-corrected chi connectivity index (χ3v) is 4.86. The molecular formula is C21H22N2O3. The van der Waals surface area contributed by atoms with Gasteiger partial charge in [-0.2, -0.15) is 5.26 Å². The minimum absolute atomic E-state index is 0.351. The first kappa shape index (κ1) is 19.2. The van der Waals surface area contributed by atoms with Crippen molar-refractivity contribution in [3.8, 4) is 6.07 Å². The van der Waals surface area contributed by atoms with Gasteiger partial charge in [0.2, 0.25) is 0 Å². The van der Waals surface area contributed by atoms with Gasteiger partial charge in [0, 0.05) is 0 Å². The second-order valence-corrected chi connectivity index (χ2v) is 6.28. The zero-order chi connectivity index (χ0) is 19.4. The Balaban J connectivity index is 2.12. The Hall–Kier alpha value is -3.13. The van der Waals surface area contributed by atoms with Crippen molar-refractivity contribution in [3.63, 3.8) is 0 Å². The number of rotatable bonds is 4. The van der Waals surface area contributed by atoms with E-state index in [4.69, 9.17) is 10.00 Å². The Morgan fingerprint density at radius 3 is 2.08 bits per heavy atom. The highest BCUT2D eigenvalue weighted by molar-refractivity contribution is 5.98. The Kier molecular flexibility index (Phi) is 5.78. The first-order valence-corrected chi connectivity index (χ1v) is 8.31. The van der Waals surface area contributed by atoms with Gasteiger partial charge in [0.15, 0.2) is 6.61 Å². The maximum Gasteiger partial charge on any atom is 0.339 e. The molecule has 0 atom stereocenters. The number of carbonyl (C=O) groups is 2. The molecule has 0 bridgehead atoms. The number of para-hydroxylation sites is 1. The molecule has 0 fully saturated rings. The van der Waals surface area contributed by atoms with Gasteiger partial charge in [-0.3, -0.25) is 4.79 Å². The normalized spacial score (nSPS) is 10.2. The van der Waals surface area contributed by atoms with Crippen LogP contribution in [0.25, 0.3) is 0 Å². The van der Waals surface area contributed by atoms with E-state index in [1.165, 1.54) is 0 Å².